The highest BCUT2D eigenvalue weighted by atomic mass is 19.1. The van der Waals surface area contributed by atoms with Gasteiger partial charge in [0.2, 0.25) is 0 Å². The quantitative estimate of drug-likeness (QED) is 0.893. The number of hydrogen-bond donors (Lipinski definition) is 1. The van der Waals surface area contributed by atoms with Gasteiger partial charge in [-0.05, 0) is 49.9 Å². The van der Waals surface area contributed by atoms with Crippen LogP contribution < -0.4 is 5.73 Å². The van der Waals surface area contributed by atoms with Crippen LogP contribution in [-0.2, 0) is 0 Å². The molecular formula is C15H23FN2. The Hall–Kier alpha value is -0.930. The molecule has 0 bridgehead atoms. The monoisotopic (exact) mass is 250 g/mol. The Kier molecular flexibility index (Phi) is 4.36. The molecule has 2 rings (SSSR count). The van der Waals surface area contributed by atoms with Crippen molar-refractivity contribution < 1.29 is 4.39 Å². The molecule has 1 fully saturated rings. The molecule has 0 radical (unpaired) electrons. The van der Waals surface area contributed by atoms with Gasteiger partial charge in [-0.25, -0.2) is 4.39 Å². The molecule has 1 aliphatic rings. The molecule has 1 aromatic rings. The largest absolute Gasteiger partial charge is 0.329 e. The van der Waals surface area contributed by atoms with Crippen molar-refractivity contribution in [3.8, 4) is 0 Å². The van der Waals surface area contributed by atoms with Gasteiger partial charge in [-0.3, -0.25) is 4.90 Å². The van der Waals surface area contributed by atoms with Crippen molar-refractivity contribution in [1.82, 2.24) is 4.90 Å². The number of nitrogens with zero attached hydrogens (tertiary/aromatic N) is 1. The van der Waals surface area contributed by atoms with E-state index in [-0.39, 0.29) is 11.9 Å². The van der Waals surface area contributed by atoms with Crippen molar-refractivity contribution in [3.63, 3.8) is 0 Å². The molecule has 0 spiro atoms. The number of halogens is 1. The molecule has 0 aromatic heterocycles. The summed E-state index contributed by atoms with van der Waals surface area (Å²) in [5, 5.41) is 0. The van der Waals surface area contributed by atoms with Gasteiger partial charge in [0.25, 0.3) is 0 Å². The third-order valence-corrected chi connectivity index (χ3v) is 4.05. The van der Waals surface area contributed by atoms with Crippen molar-refractivity contribution >= 4 is 0 Å². The van der Waals surface area contributed by atoms with Crippen molar-refractivity contribution in [3.05, 3.63) is 35.6 Å². The first-order valence-corrected chi connectivity index (χ1v) is 6.83. The summed E-state index contributed by atoms with van der Waals surface area (Å²) in [6.45, 7) is 6.15. The number of piperidine rings is 1. The molecule has 2 nitrogen and oxygen atoms in total. The molecule has 3 atom stereocenters. The molecule has 0 amide bonds. The average molecular weight is 250 g/mol. The fraction of sp³-hybridized carbons (Fsp3) is 0.600. The molecule has 100 valence electrons. The number of benzene rings is 1. The third kappa shape index (κ3) is 2.90. The van der Waals surface area contributed by atoms with E-state index in [9.17, 15) is 4.39 Å². The van der Waals surface area contributed by atoms with Crippen LogP contribution in [0.15, 0.2) is 24.3 Å². The van der Waals surface area contributed by atoms with E-state index in [2.05, 4.69) is 18.7 Å². The van der Waals surface area contributed by atoms with Gasteiger partial charge in [-0.2, -0.15) is 0 Å². The van der Waals surface area contributed by atoms with Crippen molar-refractivity contribution in [2.75, 3.05) is 13.1 Å². The molecular weight excluding hydrogens is 227 g/mol. The van der Waals surface area contributed by atoms with Gasteiger partial charge in [0.1, 0.15) is 5.82 Å². The van der Waals surface area contributed by atoms with E-state index >= 15 is 0 Å². The average Bonchev–Trinajstić information content (AvgIpc) is 2.33. The van der Waals surface area contributed by atoms with E-state index in [1.165, 1.54) is 18.9 Å². The summed E-state index contributed by atoms with van der Waals surface area (Å²) in [6, 6.07) is 7.51. The molecule has 0 saturated carbocycles. The topological polar surface area (TPSA) is 29.3 Å². The van der Waals surface area contributed by atoms with Gasteiger partial charge >= 0.3 is 0 Å². The van der Waals surface area contributed by atoms with Gasteiger partial charge in [0.15, 0.2) is 0 Å². The number of likely N-dealkylation sites (tertiary alicyclic amines) is 1. The Labute approximate surface area is 109 Å². The summed E-state index contributed by atoms with van der Waals surface area (Å²) < 4.78 is 13.3. The zero-order chi connectivity index (χ0) is 13.1. The normalized spacial score (nSPS) is 27.1. The second-order valence-electron chi connectivity index (χ2n) is 5.52. The lowest BCUT2D eigenvalue weighted by molar-refractivity contribution is 0.0846. The predicted molar refractivity (Wildman–Crippen MR) is 72.8 cm³/mol. The van der Waals surface area contributed by atoms with Gasteiger partial charge in [0, 0.05) is 18.6 Å². The summed E-state index contributed by atoms with van der Waals surface area (Å²) in [6.07, 6.45) is 2.40. The first kappa shape index (κ1) is 13.5. The van der Waals surface area contributed by atoms with E-state index in [0.717, 1.165) is 18.0 Å². The maximum absolute atomic E-state index is 13.3. The summed E-state index contributed by atoms with van der Waals surface area (Å²) in [7, 11) is 0. The highest BCUT2D eigenvalue weighted by molar-refractivity contribution is 5.21. The minimum atomic E-state index is -0.177. The Balaban J connectivity index is 2.18. The Morgan fingerprint density at radius 2 is 2.22 bits per heavy atom. The number of rotatable bonds is 3. The first-order valence-electron chi connectivity index (χ1n) is 6.83. The van der Waals surface area contributed by atoms with Crippen molar-refractivity contribution in [1.29, 1.82) is 0 Å². The lowest BCUT2D eigenvalue weighted by Gasteiger charge is -2.41. The third-order valence-electron chi connectivity index (χ3n) is 4.05. The highest BCUT2D eigenvalue weighted by Crippen LogP contribution is 2.30. The molecule has 1 aromatic carbocycles. The lowest BCUT2D eigenvalue weighted by Crippen LogP contribution is -2.44. The van der Waals surface area contributed by atoms with Crippen LogP contribution in [0.3, 0.4) is 0 Å². The van der Waals surface area contributed by atoms with Crippen LogP contribution in [0.25, 0.3) is 0 Å². The van der Waals surface area contributed by atoms with Crippen LogP contribution >= 0.6 is 0 Å². The van der Waals surface area contributed by atoms with Gasteiger partial charge in [-0.1, -0.05) is 19.1 Å². The smallest absolute Gasteiger partial charge is 0.123 e. The van der Waals surface area contributed by atoms with E-state index in [1.807, 2.05) is 6.07 Å². The van der Waals surface area contributed by atoms with E-state index in [1.54, 1.807) is 12.1 Å². The van der Waals surface area contributed by atoms with Crippen LogP contribution in [-0.4, -0.2) is 24.0 Å². The Bertz CT molecular complexity index is 394. The molecule has 18 heavy (non-hydrogen) atoms. The summed E-state index contributed by atoms with van der Waals surface area (Å²) in [5.41, 5.74) is 6.92. The fourth-order valence-electron chi connectivity index (χ4n) is 3.07. The van der Waals surface area contributed by atoms with Crippen molar-refractivity contribution in [2.24, 2.45) is 11.7 Å². The molecule has 3 heteroatoms. The maximum Gasteiger partial charge on any atom is 0.123 e. The minimum Gasteiger partial charge on any atom is -0.329 e. The standard InChI is InChI=1S/C15H23FN2/c1-11-6-7-18(12(2)8-11)15(10-17)13-4-3-5-14(16)9-13/h3-5,9,11-12,15H,6-8,10,17H2,1-2H3. The second kappa shape index (κ2) is 5.81. The minimum absolute atomic E-state index is 0.142. The molecule has 1 heterocycles. The maximum atomic E-state index is 13.3. The highest BCUT2D eigenvalue weighted by Gasteiger charge is 2.29. The van der Waals surface area contributed by atoms with E-state index in [0.29, 0.717) is 12.6 Å². The Morgan fingerprint density at radius 1 is 1.44 bits per heavy atom. The zero-order valence-corrected chi connectivity index (χ0v) is 11.3. The van der Waals surface area contributed by atoms with Crippen LogP contribution in [0.5, 0.6) is 0 Å². The molecule has 0 aliphatic carbocycles. The molecule has 1 aliphatic heterocycles. The van der Waals surface area contributed by atoms with Crippen molar-refractivity contribution in [2.45, 2.75) is 38.8 Å². The van der Waals surface area contributed by atoms with Crippen LogP contribution in [0.2, 0.25) is 0 Å². The summed E-state index contributed by atoms with van der Waals surface area (Å²) >= 11 is 0. The van der Waals surface area contributed by atoms with Crippen LogP contribution in [0, 0.1) is 11.7 Å². The van der Waals surface area contributed by atoms with Gasteiger partial charge in [0.05, 0.1) is 0 Å². The van der Waals surface area contributed by atoms with E-state index in [4.69, 9.17) is 5.73 Å². The van der Waals surface area contributed by atoms with Gasteiger partial charge in [-0.15, -0.1) is 0 Å². The zero-order valence-electron chi connectivity index (χ0n) is 11.3. The van der Waals surface area contributed by atoms with Crippen LogP contribution in [0.1, 0.15) is 38.3 Å². The van der Waals surface area contributed by atoms with Crippen LogP contribution in [0.4, 0.5) is 4.39 Å². The fourth-order valence-corrected chi connectivity index (χ4v) is 3.07. The summed E-state index contributed by atoms with van der Waals surface area (Å²) in [5.74, 6) is 0.603. The molecule has 3 unspecified atom stereocenters. The van der Waals surface area contributed by atoms with Gasteiger partial charge < -0.3 is 5.73 Å². The first-order chi connectivity index (χ1) is 8.61. The predicted octanol–water partition coefficient (Wildman–Crippen LogP) is 2.95. The SMILES string of the molecule is CC1CCN(C(CN)c2cccc(F)c2)C(C)C1. The number of nitrogens with two attached hydrogens (primary N) is 1. The van der Waals surface area contributed by atoms with E-state index < -0.39 is 0 Å². The summed E-state index contributed by atoms with van der Waals surface area (Å²) in [4.78, 5) is 2.43. The molecule has 2 N–H and O–H groups in total. The molecule has 1 saturated heterocycles. The number of hydrogen-bond acceptors (Lipinski definition) is 2. The second-order valence-corrected chi connectivity index (χ2v) is 5.52. The Morgan fingerprint density at radius 3 is 2.83 bits per heavy atom. The lowest BCUT2D eigenvalue weighted by atomic mass is 9.90.